The van der Waals surface area contributed by atoms with Gasteiger partial charge in [-0.2, -0.15) is 0 Å². The summed E-state index contributed by atoms with van der Waals surface area (Å²) in [7, 11) is 1.64. The van der Waals surface area contributed by atoms with Crippen molar-refractivity contribution >= 4 is 29.5 Å². The Bertz CT molecular complexity index is 1380. The fourth-order valence-electron chi connectivity index (χ4n) is 4.28. The third kappa shape index (κ3) is 5.22. The highest BCUT2D eigenvalue weighted by atomic mass is 32.1. The number of benzene rings is 1. The predicted molar refractivity (Wildman–Crippen MR) is 140 cm³/mol. The molecule has 1 aliphatic rings. The van der Waals surface area contributed by atoms with Crippen molar-refractivity contribution in [3.8, 4) is 16.9 Å². The Labute approximate surface area is 209 Å². The predicted octanol–water partition coefficient (Wildman–Crippen LogP) is 3.47. The highest BCUT2D eigenvalue weighted by molar-refractivity contribution is 7.78. The van der Waals surface area contributed by atoms with E-state index in [1.165, 1.54) is 0 Å². The summed E-state index contributed by atoms with van der Waals surface area (Å²) in [6, 6.07) is 13.5. The number of morpholine rings is 1. The number of fused-ring (bicyclic) bond motifs is 1. The van der Waals surface area contributed by atoms with Crippen LogP contribution in [-0.4, -0.2) is 60.2 Å². The first-order chi connectivity index (χ1) is 17.1. The van der Waals surface area contributed by atoms with E-state index in [4.69, 9.17) is 14.2 Å². The molecule has 0 bridgehead atoms. The second kappa shape index (κ2) is 10.6. The van der Waals surface area contributed by atoms with Crippen molar-refractivity contribution in [3.63, 3.8) is 0 Å². The fraction of sp³-hybridized carbons (Fsp3) is 0.308. The lowest BCUT2D eigenvalue weighted by Crippen LogP contribution is -2.36. The molecule has 0 spiro atoms. The Morgan fingerprint density at radius 3 is 2.77 bits per heavy atom. The molecule has 182 valence electrons. The number of nitrogens with zero attached hydrogens (tertiary/aromatic N) is 4. The molecule has 0 radical (unpaired) electrons. The second-order valence-electron chi connectivity index (χ2n) is 8.42. The Morgan fingerprint density at radius 1 is 1.11 bits per heavy atom. The molecule has 0 saturated carbocycles. The number of pyridine rings is 2. The van der Waals surface area contributed by atoms with Crippen molar-refractivity contribution < 1.29 is 14.2 Å². The van der Waals surface area contributed by atoms with Crippen LogP contribution >= 0.6 is 12.8 Å². The van der Waals surface area contributed by atoms with Gasteiger partial charge in [-0.25, -0.2) is 4.98 Å². The number of anilines is 1. The first-order valence-corrected chi connectivity index (χ1v) is 12.0. The Hall–Kier alpha value is -3.27. The first-order valence-electron chi connectivity index (χ1n) is 11.6. The number of hydrogen-bond donors (Lipinski definition) is 1. The molecule has 3 aromatic heterocycles. The minimum atomic E-state index is -0.0782. The van der Waals surface area contributed by atoms with E-state index in [9.17, 15) is 4.79 Å². The van der Waals surface area contributed by atoms with Gasteiger partial charge in [0.05, 0.1) is 38.2 Å². The maximum atomic E-state index is 13.0. The molecule has 4 aromatic rings. The molecule has 1 aromatic carbocycles. The van der Waals surface area contributed by atoms with Crippen molar-refractivity contribution in [2.75, 3.05) is 51.5 Å². The molecule has 4 heterocycles. The zero-order valence-corrected chi connectivity index (χ0v) is 20.5. The summed E-state index contributed by atoms with van der Waals surface area (Å²) >= 11 is 4.55. The number of rotatable bonds is 8. The average Bonchev–Trinajstić information content (AvgIpc) is 3.22. The summed E-state index contributed by atoms with van der Waals surface area (Å²) in [6.07, 6.45) is 5.61. The largest absolute Gasteiger partial charge is 0.491 e. The molecular formula is C26H28N4O4S. The Kier molecular flexibility index (Phi) is 7.08. The lowest BCUT2D eigenvalue weighted by Gasteiger charge is -2.28. The summed E-state index contributed by atoms with van der Waals surface area (Å²) in [4.78, 5) is 19.9. The van der Waals surface area contributed by atoms with E-state index < -0.39 is 0 Å². The summed E-state index contributed by atoms with van der Waals surface area (Å²) < 4.78 is 19.6. The van der Waals surface area contributed by atoms with Gasteiger partial charge >= 0.3 is 0 Å². The Balaban J connectivity index is 1.41. The van der Waals surface area contributed by atoms with Gasteiger partial charge in [-0.1, -0.05) is 24.9 Å². The van der Waals surface area contributed by atoms with Crippen molar-refractivity contribution in [1.29, 1.82) is 0 Å². The van der Waals surface area contributed by atoms with E-state index in [2.05, 4.69) is 28.8 Å². The zero-order valence-electron chi connectivity index (χ0n) is 19.6. The third-order valence-corrected chi connectivity index (χ3v) is 6.41. The lowest BCUT2D eigenvalue weighted by atomic mass is 10.1. The molecular weight excluding hydrogens is 464 g/mol. The van der Waals surface area contributed by atoms with Crippen molar-refractivity contribution in [3.05, 3.63) is 77.0 Å². The smallest absolute Gasteiger partial charge is 0.251 e. The normalized spacial score (nSPS) is 13.9. The van der Waals surface area contributed by atoms with Gasteiger partial charge in [0.15, 0.2) is 5.65 Å². The molecule has 0 N–H and O–H groups in total. The molecule has 0 atom stereocenters. The van der Waals surface area contributed by atoms with Crippen LogP contribution in [-0.2, 0) is 16.0 Å². The lowest BCUT2D eigenvalue weighted by molar-refractivity contribution is 0.122. The topological polar surface area (TPSA) is 70.8 Å². The van der Waals surface area contributed by atoms with Gasteiger partial charge in [-0.15, -0.1) is 0 Å². The van der Waals surface area contributed by atoms with Crippen molar-refractivity contribution in [1.82, 2.24) is 13.5 Å². The molecule has 0 aliphatic carbocycles. The van der Waals surface area contributed by atoms with E-state index in [1.807, 2.05) is 48.9 Å². The first kappa shape index (κ1) is 23.5. The molecule has 1 fully saturated rings. The number of hydrogen-bond acceptors (Lipinski definition) is 7. The van der Waals surface area contributed by atoms with Crippen molar-refractivity contribution in [2.45, 2.75) is 6.54 Å². The zero-order chi connectivity index (χ0) is 24.2. The summed E-state index contributed by atoms with van der Waals surface area (Å²) in [6.45, 7) is 4.54. The van der Waals surface area contributed by atoms with Crippen LogP contribution in [0.25, 0.3) is 22.2 Å². The van der Waals surface area contributed by atoms with E-state index in [0.29, 0.717) is 33.0 Å². The van der Waals surface area contributed by atoms with Crippen LogP contribution in [0.4, 0.5) is 5.69 Å². The average molecular weight is 493 g/mol. The molecule has 9 heteroatoms. The highest BCUT2D eigenvalue weighted by Crippen LogP contribution is 2.32. The maximum absolute atomic E-state index is 13.0. The van der Waals surface area contributed by atoms with Gasteiger partial charge in [0, 0.05) is 49.6 Å². The molecule has 35 heavy (non-hydrogen) atoms. The number of aromatic nitrogens is 3. The van der Waals surface area contributed by atoms with Crippen LogP contribution in [0.3, 0.4) is 0 Å². The Morgan fingerprint density at radius 2 is 1.97 bits per heavy atom. The van der Waals surface area contributed by atoms with Crippen LogP contribution in [0.5, 0.6) is 5.75 Å². The van der Waals surface area contributed by atoms with Gasteiger partial charge in [-0.05, 0) is 35.4 Å². The minimum absolute atomic E-state index is 0.0782. The second-order valence-corrected chi connectivity index (χ2v) is 8.85. The fourth-order valence-corrected chi connectivity index (χ4v) is 4.56. The molecule has 5 rings (SSSR count). The van der Waals surface area contributed by atoms with Crippen LogP contribution in [0.1, 0.15) is 5.56 Å². The standard InChI is InChI=1S/C26H28N4O4S/c1-32-11-12-34-22-4-2-3-19(13-22)17-29-6-5-20(14-25(29)31)24-18-30(35)26-23(24)15-21(16-27-26)28-7-9-33-10-8-28/h2-6,13-16,18,35H,7-12,17H2,1H3. The van der Waals surface area contributed by atoms with Crippen LogP contribution in [0.2, 0.25) is 0 Å². The van der Waals surface area contributed by atoms with E-state index in [-0.39, 0.29) is 5.56 Å². The number of ether oxygens (including phenoxy) is 3. The summed E-state index contributed by atoms with van der Waals surface area (Å²) in [5.74, 6) is 0.759. The van der Waals surface area contributed by atoms with Gasteiger partial charge in [0.2, 0.25) is 0 Å². The third-order valence-electron chi connectivity index (χ3n) is 6.10. The van der Waals surface area contributed by atoms with Gasteiger partial charge in [0.1, 0.15) is 12.4 Å². The quantitative estimate of drug-likeness (QED) is 0.300. The summed E-state index contributed by atoms with van der Waals surface area (Å²) in [5.41, 5.74) is 4.47. The number of methoxy groups -OCH3 is 1. The molecule has 1 aliphatic heterocycles. The maximum Gasteiger partial charge on any atom is 0.251 e. The van der Waals surface area contributed by atoms with Gasteiger partial charge in [-0.3, -0.25) is 8.77 Å². The van der Waals surface area contributed by atoms with E-state index >= 15 is 0 Å². The molecule has 0 amide bonds. The summed E-state index contributed by atoms with van der Waals surface area (Å²) in [5, 5.41) is 0.960. The van der Waals surface area contributed by atoms with Crippen LogP contribution < -0.4 is 15.2 Å². The van der Waals surface area contributed by atoms with E-state index in [0.717, 1.165) is 52.3 Å². The molecule has 8 nitrogen and oxygen atoms in total. The van der Waals surface area contributed by atoms with Crippen LogP contribution in [0, 0.1) is 0 Å². The molecule has 1 saturated heterocycles. The number of thiol groups is 1. The van der Waals surface area contributed by atoms with Crippen molar-refractivity contribution in [2.24, 2.45) is 0 Å². The highest BCUT2D eigenvalue weighted by Gasteiger charge is 2.16. The monoisotopic (exact) mass is 492 g/mol. The molecule has 0 unspecified atom stereocenters. The van der Waals surface area contributed by atoms with E-state index in [1.54, 1.807) is 21.7 Å². The van der Waals surface area contributed by atoms with Gasteiger partial charge in [0.25, 0.3) is 5.56 Å². The SMILES string of the molecule is COCCOc1cccc(Cn2ccc(-c3cn(S)c4ncc(N5CCOCC5)cc34)cc2=O)c1. The minimum Gasteiger partial charge on any atom is -0.491 e. The van der Waals surface area contributed by atoms with Crippen LogP contribution in [0.15, 0.2) is 65.8 Å². The van der Waals surface area contributed by atoms with Gasteiger partial charge < -0.3 is 23.7 Å².